The highest BCUT2D eigenvalue weighted by Gasteiger charge is 2.04. The number of hydrogen-bond acceptors (Lipinski definition) is 5. The molecule has 1 rings (SSSR count). The Kier molecular flexibility index (Phi) is 5.16. The molecule has 0 aromatic carbocycles. The highest BCUT2D eigenvalue weighted by molar-refractivity contribution is 8.03. The van der Waals surface area contributed by atoms with Gasteiger partial charge in [0, 0.05) is 10.8 Å². The fourth-order valence-electron chi connectivity index (χ4n) is 0.577. The van der Waals surface area contributed by atoms with E-state index in [0.717, 1.165) is 14.4 Å². The molecule has 0 fully saturated rings. The summed E-state index contributed by atoms with van der Waals surface area (Å²) in [4.78, 5) is 0. The molecular formula is C7H9ClN2S3. The molecule has 0 spiro atoms. The number of nitrogens with zero attached hydrogens (tertiary/aromatic N) is 2. The van der Waals surface area contributed by atoms with Gasteiger partial charge in [0.2, 0.25) is 0 Å². The lowest BCUT2D eigenvalue weighted by molar-refractivity contribution is 0.955. The van der Waals surface area contributed by atoms with Gasteiger partial charge in [-0.2, -0.15) is 0 Å². The van der Waals surface area contributed by atoms with E-state index in [0.29, 0.717) is 10.8 Å². The van der Waals surface area contributed by atoms with Crippen LogP contribution in [0.1, 0.15) is 6.92 Å². The predicted molar refractivity (Wildman–Crippen MR) is 62.0 cm³/mol. The van der Waals surface area contributed by atoms with E-state index in [1.165, 1.54) is 0 Å². The number of aromatic nitrogens is 2. The average molecular weight is 253 g/mol. The fraction of sp³-hybridized carbons (Fsp3) is 0.429. The normalized spacial score (nSPS) is 10.3. The zero-order chi connectivity index (χ0) is 9.68. The van der Waals surface area contributed by atoms with Crippen molar-refractivity contribution < 1.29 is 0 Å². The van der Waals surface area contributed by atoms with Crippen LogP contribution in [0.4, 0.5) is 0 Å². The van der Waals surface area contributed by atoms with E-state index >= 15 is 0 Å². The lowest BCUT2D eigenvalue weighted by Gasteiger charge is -1.91. The van der Waals surface area contributed by atoms with Crippen molar-refractivity contribution in [3.05, 3.63) is 11.6 Å². The molecule has 72 valence electrons. The smallest absolute Gasteiger partial charge is 0.131 e. The van der Waals surface area contributed by atoms with Crippen LogP contribution >= 0.6 is 46.5 Å². The van der Waals surface area contributed by atoms with Gasteiger partial charge in [0.1, 0.15) is 0 Å². The second-order valence-corrected chi connectivity index (χ2v) is 6.32. The molecule has 0 unspecified atom stereocenters. The molecular weight excluding hydrogens is 244 g/mol. The summed E-state index contributed by atoms with van der Waals surface area (Å²) < 4.78 is 1.97. The number of rotatable bonds is 5. The molecule has 0 aliphatic rings. The molecule has 0 amide bonds. The Bertz CT molecular complexity index is 287. The van der Waals surface area contributed by atoms with E-state index in [9.17, 15) is 0 Å². The molecule has 2 nitrogen and oxygen atoms in total. The minimum atomic E-state index is 0.643. The topological polar surface area (TPSA) is 25.8 Å². The minimum absolute atomic E-state index is 0.643. The lowest BCUT2D eigenvalue weighted by atomic mass is 10.7. The summed E-state index contributed by atoms with van der Waals surface area (Å²) in [5.74, 6) is 1.73. The Morgan fingerprint density at radius 3 is 2.62 bits per heavy atom. The van der Waals surface area contributed by atoms with Crippen LogP contribution < -0.4 is 0 Å². The van der Waals surface area contributed by atoms with Crippen molar-refractivity contribution in [2.24, 2.45) is 0 Å². The van der Waals surface area contributed by atoms with Gasteiger partial charge in [-0.05, 0) is 5.75 Å². The summed E-state index contributed by atoms with van der Waals surface area (Å²) in [5, 5.41) is 8.68. The molecule has 0 atom stereocenters. The Hall–Kier alpha value is 0.290. The van der Waals surface area contributed by atoms with E-state index in [1.807, 2.05) is 0 Å². The van der Waals surface area contributed by atoms with Gasteiger partial charge in [-0.1, -0.05) is 60.0 Å². The maximum absolute atomic E-state index is 5.63. The number of hydrogen-bond donors (Lipinski definition) is 0. The average Bonchev–Trinajstić information content (AvgIpc) is 2.50. The number of thioether (sulfide) groups is 2. The lowest BCUT2D eigenvalue weighted by Crippen LogP contribution is -1.76. The molecule has 0 bridgehead atoms. The molecule has 0 saturated heterocycles. The summed E-state index contributed by atoms with van der Waals surface area (Å²) in [6.07, 6.45) is 0. The minimum Gasteiger partial charge on any atom is -0.131 e. The monoisotopic (exact) mass is 252 g/mol. The van der Waals surface area contributed by atoms with Crippen LogP contribution in [0.5, 0.6) is 0 Å². The first-order chi connectivity index (χ1) is 6.22. The van der Waals surface area contributed by atoms with E-state index in [2.05, 4.69) is 23.7 Å². The van der Waals surface area contributed by atoms with Crippen LogP contribution in [-0.2, 0) is 0 Å². The quantitative estimate of drug-likeness (QED) is 0.750. The summed E-state index contributed by atoms with van der Waals surface area (Å²) in [7, 11) is 0. The molecule has 1 heterocycles. The molecule has 6 heteroatoms. The summed E-state index contributed by atoms with van der Waals surface area (Å²) in [6.45, 7) is 5.71. The first kappa shape index (κ1) is 11.4. The largest absolute Gasteiger partial charge is 0.175 e. The zero-order valence-electron chi connectivity index (χ0n) is 7.12. The summed E-state index contributed by atoms with van der Waals surface area (Å²) in [5.41, 5.74) is 0. The third kappa shape index (κ3) is 4.35. The van der Waals surface area contributed by atoms with Crippen molar-refractivity contribution in [2.45, 2.75) is 15.6 Å². The van der Waals surface area contributed by atoms with Crippen molar-refractivity contribution in [2.75, 3.05) is 11.5 Å². The summed E-state index contributed by atoms with van der Waals surface area (Å²) >= 11 is 10.5. The van der Waals surface area contributed by atoms with Gasteiger partial charge in [-0.25, -0.2) is 0 Å². The highest BCUT2D eigenvalue weighted by Crippen LogP contribution is 2.29. The first-order valence-corrected chi connectivity index (χ1v) is 6.81. The Morgan fingerprint density at radius 1 is 1.46 bits per heavy atom. The van der Waals surface area contributed by atoms with Crippen LogP contribution in [0.25, 0.3) is 0 Å². The predicted octanol–water partition coefficient (Wildman–Crippen LogP) is 3.49. The van der Waals surface area contributed by atoms with Gasteiger partial charge in [0.05, 0.1) is 0 Å². The molecule has 0 N–H and O–H groups in total. The molecule has 1 aromatic rings. The third-order valence-electron chi connectivity index (χ3n) is 1.01. The van der Waals surface area contributed by atoms with Gasteiger partial charge in [0.25, 0.3) is 0 Å². The molecule has 0 aliphatic carbocycles. The van der Waals surface area contributed by atoms with Crippen molar-refractivity contribution in [3.8, 4) is 0 Å². The maximum Gasteiger partial charge on any atom is 0.175 e. The highest BCUT2D eigenvalue weighted by atomic mass is 35.5. The maximum atomic E-state index is 5.63. The van der Waals surface area contributed by atoms with Crippen molar-refractivity contribution in [1.82, 2.24) is 10.2 Å². The second kappa shape index (κ2) is 5.90. The Morgan fingerprint density at radius 2 is 2.08 bits per heavy atom. The van der Waals surface area contributed by atoms with E-state index in [4.69, 9.17) is 11.6 Å². The molecule has 0 saturated carbocycles. The van der Waals surface area contributed by atoms with E-state index in [1.54, 1.807) is 34.9 Å². The Balaban J connectivity index is 2.44. The van der Waals surface area contributed by atoms with Crippen LogP contribution in [0.3, 0.4) is 0 Å². The van der Waals surface area contributed by atoms with Gasteiger partial charge >= 0.3 is 0 Å². The standard InChI is InChI=1S/C7H9ClN2S3/c1-3-11-6-9-10-7(13-6)12-4-5(2)8/h2-4H2,1H3. The second-order valence-electron chi connectivity index (χ2n) is 2.07. The zero-order valence-corrected chi connectivity index (χ0v) is 10.3. The number of halogens is 1. The van der Waals surface area contributed by atoms with Gasteiger partial charge in [0.15, 0.2) is 8.68 Å². The van der Waals surface area contributed by atoms with Gasteiger partial charge in [-0.15, -0.1) is 10.2 Å². The van der Waals surface area contributed by atoms with Gasteiger partial charge < -0.3 is 0 Å². The summed E-state index contributed by atoms with van der Waals surface area (Å²) in [6, 6.07) is 0. The molecule has 0 radical (unpaired) electrons. The van der Waals surface area contributed by atoms with Crippen molar-refractivity contribution >= 4 is 46.5 Å². The third-order valence-corrected chi connectivity index (χ3v) is 4.46. The van der Waals surface area contributed by atoms with Crippen molar-refractivity contribution in [3.63, 3.8) is 0 Å². The van der Waals surface area contributed by atoms with E-state index in [-0.39, 0.29) is 0 Å². The molecule has 13 heavy (non-hydrogen) atoms. The Labute approximate surface area is 95.2 Å². The van der Waals surface area contributed by atoms with Crippen molar-refractivity contribution in [1.29, 1.82) is 0 Å². The SMILES string of the molecule is C=C(Cl)CSc1nnc(SCC)s1. The van der Waals surface area contributed by atoms with Gasteiger partial charge in [-0.3, -0.25) is 0 Å². The molecule has 1 aromatic heterocycles. The van der Waals surface area contributed by atoms with Crippen LogP contribution in [-0.4, -0.2) is 21.7 Å². The first-order valence-electron chi connectivity index (χ1n) is 3.64. The van der Waals surface area contributed by atoms with Crippen LogP contribution in [0, 0.1) is 0 Å². The fourth-order valence-corrected chi connectivity index (χ4v) is 3.41. The van der Waals surface area contributed by atoms with E-state index < -0.39 is 0 Å². The van der Waals surface area contributed by atoms with Crippen LogP contribution in [0.2, 0.25) is 0 Å². The van der Waals surface area contributed by atoms with Crippen LogP contribution in [0.15, 0.2) is 20.3 Å². The molecule has 0 aliphatic heterocycles.